The van der Waals surface area contributed by atoms with Gasteiger partial charge in [-0.05, 0) is 17.9 Å². The molecule has 1 aromatic rings. The van der Waals surface area contributed by atoms with Crippen molar-refractivity contribution in [1.82, 2.24) is 10.6 Å². The van der Waals surface area contributed by atoms with E-state index in [9.17, 15) is 9.59 Å². The lowest BCUT2D eigenvalue weighted by atomic mass is 10.1. The van der Waals surface area contributed by atoms with Gasteiger partial charge in [-0.15, -0.1) is 0 Å². The highest BCUT2D eigenvalue weighted by molar-refractivity contribution is 5.73. The summed E-state index contributed by atoms with van der Waals surface area (Å²) in [6, 6.07) is 8.91. The van der Waals surface area contributed by atoms with Gasteiger partial charge in [0.15, 0.2) is 0 Å². The third kappa shape index (κ3) is 4.24. The number of carbonyl (C=O) groups is 2. The van der Waals surface area contributed by atoms with Gasteiger partial charge in [0.1, 0.15) is 12.6 Å². The van der Waals surface area contributed by atoms with Crippen molar-refractivity contribution in [1.29, 1.82) is 0 Å². The number of rotatable bonds is 5. The lowest BCUT2D eigenvalue weighted by molar-refractivity contribution is -0.139. The highest BCUT2D eigenvalue weighted by atomic mass is 16.5. The summed E-state index contributed by atoms with van der Waals surface area (Å²) in [5.74, 6) is -0.723. The second-order valence-electron chi connectivity index (χ2n) is 4.84. The summed E-state index contributed by atoms with van der Waals surface area (Å²) >= 11 is 0. The smallest absolute Gasteiger partial charge is 0.407 e. The SMILES string of the molecule is O=C(NCC1CNC(C(=O)O)C1)OCc1ccccc1. The van der Waals surface area contributed by atoms with Crippen LogP contribution in [0.4, 0.5) is 4.79 Å². The minimum absolute atomic E-state index is 0.125. The molecule has 2 atom stereocenters. The minimum atomic E-state index is -0.848. The minimum Gasteiger partial charge on any atom is -0.480 e. The van der Waals surface area contributed by atoms with Gasteiger partial charge in [-0.1, -0.05) is 30.3 Å². The summed E-state index contributed by atoms with van der Waals surface area (Å²) in [6.45, 7) is 1.24. The van der Waals surface area contributed by atoms with E-state index in [0.29, 0.717) is 19.5 Å². The monoisotopic (exact) mass is 278 g/mol. The first-order valence-electron chi connectivity index (χ1n) is 6.56. The molecular weight excluding hydrogens is 260 g/mol. The fourth-order valence-corrected chi connectivity index (χ4v) is 2.15. The highest BCUT2D eigenvalue weighted by Gasteiger charge is 2.29. The quantitative estimate of drug-likeness (QED) is 0.747. The number of benzene rings is 1. The Labute approximate surface area is 117 Å². The molecule has 6 nitrogen and oxygen atoms in total. The van der Waals surface area contributed by atoms with E-state index >= 15 is 0 Å². The van der Waals surface area contributed by atoms with Gasteiger partial charge >= 0.3 is 12.1 Å². The number of carboxylic acids is 1. The molecular formula is C14H18N2O4. The number of carboxylic acid groups (broad SMARTS) is 1. The van der Waals surface area contributed by atoms with Crippen molar-refractivity contribution < 1.29 is 19.4 Å². The molecule has 0 saturated carbocycles. The molecule has 3 N–H and O–H groups in total. The second-order valence-corrected chi connectivity index (χ2v) is 4.84. The molecule has 1 saturated heterocycles. The number of ether oxygens (including phenoxy) is 1. The third-order valence-corrected chi connectivity index (χ3v) is 3.27. The lowest BCUT2D eigenvalue weighted by Gasteiger charge is -2.10. The Bertz CT molecular complexity index is 464. The topological polar surface area (TPSA) is 87.7 Å². The van der Waals surface area contributed by atoms with Gasteiger partial charge in [0.25, 0.3) is 0 Å². The van der Waals surface area contributed by atoms with E-state index in [0.717, 1.165) is 5.56 Å². The van der Waals surface area contributed by atoms with E-state index in [1.165, 1.54) is 0 Å². The van der Waals surface area contributed by atoms with E-state index in [2.05, 4.69) is 10.6 Å². The summed E-state index contributed by atoms with van der Waals surface area (Å²) in [6.07, 6.45) is 0.0431. The van der Waals surface area contributed by atoms with E-state index in [1.807, 2.05) is 30.3 Å². The summed E-state index contributed by atoms with van der Waals surface area (Å²) < 4.78 is 5.08. The lowest BCUT2D eigenvalue weighted by Crippen LogP contribution is -2.30. The molecule has 1 amide bonds. The van der Waals surface area contributed by atoms with Crippen molar-refractivity contribution in [2.75, 3.05) is 13.1 Å². The molecule has 2 unspecified atom stereocenters. The zero-order valence-corrected chi connectivity index (χ0v) is 11.0. The third-order valence-electron chi connectivity index (χ3n) is 3.27. The average Bonchev–Trinajstić information content (AvgIpc) is 2.93. The van der Waals surface area contributed by atoms with Crippen LogP contribution in [0.5, 0.6) is 0 Å². The molecule has 1 aliphatic heterocycles. The van der Waals surface area contributed by atoms with Gasteiger partial charge in [-0.3, -0.25) is 4.79 Å². The molecule has 0 spiro atoms. The van der Waals surface area contributed by atoms with Crippen molar-refractivity contribution in [2.45, 2.75) is 19.1 Å². The zero-order valence-electron chi connectivity index (χ0n) is 11.0. The first-order valence-corrected chi connectivity index (χ1v) is 6.56. The molecule has 0 bridgehead atoms. The Morgan fingerprint density at radius 3 is 2.75 bits per heavy atom. The molecule has 1 fully saturated rings. The van der Waals surface area contributed by atoms with Gasteiger partial charge in [0, 0.05) is 13.1 Å². The summed E-state index contributed by atoms with van der Waals surface area (Å²) in [5.41, 5.74) is 0.927. The number of hydrogen-bond donors (Lipinski definition) is 3. The van der Waals surface area contributed by atoms with Crippen LogP contribution in [0.25, 0.3) is 0 Å². The largest absolute Gasteiger partial charge is 0.480 e. The molecule has 1 heterocycles. The Morgan fingerprint density at radius 1 is 1.35 bits per heavy atom. The van der Waals surface area contributed by atoms with Crippen LogP contribution in [-0.4, -0.2) is 36.3 Å². The first-order chi connectivity index (χ1) is 9.65. The van der Waals surface area contributed by atoms with Crippen LogP contribution in [0.3, 0.4) is 0 Å². The van der Waals surface area contributed by atoms with Crippen molar-refractivity contribution in [2.24, 2.45) is 5.92 Å². The van der Waals surface area contributed by atoms with Crippen LogP contribution < -0.4 is 10.6 Å². The molecule has 1 aromatic carbocycles. The van der Waals surface area contributed by atoms with Crippen LogP contribution >= 0.6 is 0 Å². The maximum Gasteiger partial charge on any atom is 0.407 e. The Hall–Kier alpha value is -2.08. The highest BCUT2D eigenvalue weighted by Crippen LogP contribution is 2.13. The van der Waals surface area contributed by atoms with Crippen molar-refractivity contribution in [3.05, 3.63) is 35.9 Å². The van der Waals surface area contributed by atoms with Crippen LogP contribution in [-0.2, 0) is 16.1 Å². The van der Waals surface area contributed by atoms with Gasteiger partial charge in [-0.25, -0.2) is 4.79 Å². The van der Waals surface area contributed by atoms with Crippen LogP contribution in [0.2, 0.25) is 0 Å². The zero-order chi connectivity index (χ0) is 14.4. The number of amides is 1. The summed E-state index contributed by atoms with van der Waals surface area (Å²) in [7, 11) is 0. The standard InChI is InChI=1S/C14H18N2O4/c17-13(18)12-6-11(7-15-12)8-16-14(19)20-9-10-4-2-1-3-5-10/h1-5,11-12,15H,6-9H2,(H,16,19)(H,17,18). The predicted octanol–water partition coefficient (Wildman–Crippen LogP) is 0.975. The van der Waals surface area contributed by atoms with E-state index < -0.39 is 18.1 Å². The summed E-state index contributed by atoms with van der Waals surface area (Å²) in [4.78, 5) is 22.3. The molecule has 2 rings (SSSR count). The van der Waals surface area contributed by atoms with Gasteiger partial charge in [0.05, 0.1) is 0 Å². The molecule has 0 aromatic heterocycles. The molecule has 1 aliphatic rings. The number of nitrogens with one attached hydrogen (secondary N) is 2. The number of alkyl carbamates (subject to hydrolysis) is 1. The molecule has 20 heavy (non-hydrogen) atoms. The van der Waals surface area contributed by atoms with Gasteiger partial charge in [0.2, 0.25) is 0 Å². The molecule has 0 aliphatic carbocycles. The van der Waals surface area contributed by atoms with E-state index in [-0.39, 0.29) is 12.5 Å². The number of aliphatic carboxylic acids is 1. The van der Waals surface area contributed by atoms with Crippen LogP contribution in [0.15, 0.2) is 30.3 Å². The molecule has 0 radical (unpaired) electrons. The fraction of sp³-hybridized carbons (Fsp3) is 0.429. The Balaban J connectivity index is 1.65. The first kappa shape index (κ1) is 14.3. The van der Waals surface area contributed by atoms with Crippen molar-refractivity contribution in [3.8, 4) is 0 Å². The van der Waals surface area contributed by atoms with Crippen LogP contribution in [0.1, 0.15) is 12.0 Å². The number of carbonyl (C=O) groups excluding carboxylic acids is 1. The van der Waals surface area contributed by atoms with E-state index in [4.69, 9.17) is 9.84 Å². The van der Waals surface area contributed by atoms with Crippen LogP contribution in [0, 0.1) is 5.92 Å². The fourth-order valence-electron chi connectivity index (χ4n) is 2.15. The maximum atomic E-state index is 11.5. The normalized spacial score (nSPS) is 21.4. The maximum absolute atomic E-state index is 11.5. The predicted molar refractivity (Wildman–Crippen MR) is 72.2 cm³/mol. The van der Waals surface area contributed by atoms with Gasteiger partial charge < -0.3 is 20.5 Å². The van der Waals surface area contributed by atoms with Gasteiger partial charge in [-0.2, -0.15) is 0 Å². The summed E-state index contributed by atoms with van der Waals surface area (Å²) in [5, 5.41) is 14.4. The van der Waals surface area contributed by atoms with Crippen molar-refractivity contribution >= 4 is 12.1 Å². The Morgan fingerprint density at radius 2 is 2.10 bits per heavy atom. The van der Waals surface area contributed by atoms with E-state index in [1.54, 1.807) is 0 Å². The molecule has 108 valence electrons. The Kier molecular flexibility index (Phi) is 4.95. The average molecular weight is 278 g/mol. The molecule has 6 heteroatoms. The van der Waals surface area contributed by atoms with Crippen molar-refractivity contribution in [3.63, 3.8) is 0 Å². The number of hydrogen-bond acceptors (Lipinski definition) is 4. The second kappa shape index (κ2) is 6.91.